The molecule has 0 aliphatic carbocycles. The van der Waals surface area contributed by atoms with Gasteiger partial charge < -0.3 is 4.90 Å². The molecule has 1 aliphatic heterocycles. The summed E-state index contributed by atoms with van der Waals surface area (Å²) in [6.07, 6.45) is 3.41. The lowest BCUT2D eigenvalue weighted by Gasteiger charge is -2.20. The van der Waals surface area contributed by atoms with Gasteiger partial charge in [0.1, 0.15) is 0 Å². The maximum atomic E-state index is 12.8. The summed E-state index contributed by atoms with van der Waals surface area (Å²) in [6.45, 7) is 4.44. The number of rotatable bonds is 5. The van der Waals surface area contributed by atoms with Crippen molar-refractivity contribution in [3.05, 3.63) is 77.5 Å². The number of carbonyl (C=O) groups excluding carboxylic acids is 1. The van der Waals surface area contributed by atoms with Crippen LogP contribution in [0.5, 0.6) is 0 Å². The predicted molar refractivity (Wildman–Crippen MR) is 112 cm³/mol. The molecule has 0 saturated heterocycles. The molecule has 0 atom stereocenters. The van der Waals surface area contributed by atoms with Crippen LogP contribution in [0.25, 0.3) is 11.3 Å². The Morgan fingerprint density at radius 3 is 2.71 bits per heavy atom. The van der Waals surface area contributed by atoms with Gasteiger partial charge in [-0.25, -0.2) is 0 Å². The molecule has 1 amide bonds. The summed E-state index contributed by atoms with van der Waals surface area (Å²) in [6, 6.07) is 21.0. The quantitative estimate of drug-likeness (QED) is 0.655. The molecule has 28 heavy (non-hydrogen) atoms. The minimum Gasteiger partial charge on any atom is -0.337 e. The van der Waals surface area contributed by atoms with Gasteiger partial charge in [0.2, 0.25) is 5.91 Å². The van der Waals surface area contributed by atoms with E-state index in [9.17, 15) is 4.79 Å². The van der Waals surface area contributed by atoms with Gasteiger partial charge in [0.15, 0.2) is 0 Å². The van der Waals surface area contributed by atoms with Gasteiger partial charge in [-0.05, 0) is 43.9 Å². The maximum absolute atomic E-state index is 12.8. The van der Waals surface area contributed by atoms with Crippen LogP contribution in [0.1, 0.15) is 36.1 Å². The second-order valence-corrected chi connectivity index (χ2v) is 7.62. The molecule has 0 unspecified atom stereocenters. The van der Waals surface area contributed by atoms with Crippen LogP contribution >= 0.6 is 0 Å². The van der Waals surface area contributed by atoms with E-state index in [0.29, 0.717) is 13.0 Å². The van der Waals surface area contributed by atoms with E-state index in [2.05, 4.69) is 66.2 Å². The molecule has 2 heterocycles. The summed E-state index contributed by atoms with van der Waals surface area (Å²) in [7, 11) is 0. The summed E-state index contributed by atoms with van der Waals surface area (Å²) in [5.41, 5.74) is 5.80. The zero-order valence-corrected chi connectivity index (χ0v) is 16.5. The number of aryl methyl sites for hydroxylation is 3. The Kier molecular flexibility index (Phi) is 5.56. The van der Waals surface area contributed by atoms with Gasteiger partial charge >= 0.3 is 0 Å². The minimum atomic E-state index is 0.252. The van der Waals surface area contributed by atoms with E-state index in [0.717, 1.165) is 49.3 Å². The second-order valence-electron chi connectivity index (χ2n) is 7.62. The molecule has 4 heteroatoms. The summed E-state index contributed by atoms with van der Waals surface area (Å²) in [5, 5.41) is 4.80. The van der Waals surface area contributed by atoms with E-state index < -0.39 is 0 Å². The third-order valence-electron chi connectivity index (χ3n) is 5.38. The highest BCUT2D eigenvalue weighted by Crippen LogP contribution is 2.23. The van der Waals surface area contributed by atoms with Crippen LogP contribution < -0.4 is 0 Å². The van der Waals surface area contributed by atoms with Crippen molar-refractivity contribution in [3.63, 3.8) is 0 Å². The van der Waals surface area contributed by atoms with Crippen molar-refractivity contribution in [3.8, 4) is 11.3 Å². The van der Waals surface area contributed by atoms with Crippen molar-refractivity contribution in [2.45, 2.75) is 45.7 Å². The molecule has 4 nitrogen and oxygen atoms in total. The van der Waals surface area contributed by atoms with E-state index in [-0.39, 0.29) is 5.91 Å². The number of hydrogen-bond acceptors (Lipinski definition) is 2. The first-order valence-electron chi connectivity index (χ1n) is 10.1. The van der Waals surface area contributed by atoms with E-state index in [4.69, 9.17) is 5.10 Å². The maximum Gasteiger partial charge on any atom is 0.222 e. The van der Waals surface area contributed by atoms with Crippen LogP contribution in [0.2, 0.25) is 0 Å². The molecule has 0 fully saturated rings. The van der Waals surface area contributed by atoms with Gasteiger partial charge in [0, 0.05) is 25.1 Å². The summed E-state index contributed by atoms with van der Waals surface area (Å²) in [4.78, 5) is 14.8. The van der Waals surface area contributed by atoms with Crippen LogP contribution in [0.4, 0.5) is 0 Å². The SMILES string of the molecule is Cc1cccc(-c2cc3n(n2)CCCN(C(=O)CCCc2ccccc2)C3)c1. The van der Waals surface area contributed by atoms with Gasteiger partial charge in [-0.3, -0.25) is 9.48 Å². The van der Waals surface area contributed by atoms with Crippen molar-refractivity contribution in [2.75, 3.05) is 6.54 Å². The molecule has 0 spiro atoms. The van der Waals surface area contributed by atoms with Crippen molar-refractivity contribution in [1.82, 2.24) is 14.7 Å². The number of carbonyl (C=O) groups is 1. The van der Waals surface area contributed by atoms with Crippen molar-refractivity contribution < 1.29 is 4.79 Å². The molecule has 3 aromatic rings. The van der Waals surface area contributed by atoms with Gasteiger partial charge in [0.25, 0.3) is 0 Å². The molecule has 144 valence electrons. The number of hydrogen-bond donors (Lipinski definition) is 0. The summed E-state index contributed by atoms with van der Waals surface area (Å²) >= 11 is 0. The van der Waals surface area contributed by atoms with E-state index >= 15 is 0 Å². The Hall–Kier alpha value is -2.88. The minimum absolute atomic E-state index is 0.252. The molecular formula is C24H27N3O. The van der Waals surface area contributed by atoms with Crippen LogP contribution in [0, 0.1) is 6.92 Å². The average molecular weight is 374 g/mol. The highest BCUT2D eigenvalue weighted by Gasteiger charge is 2.20. The number of amides is 1. The highest BCUT2D eigenvalue weighted by atomic mass is 16.2. The molecule has 0 radical (unpaired) electrons. The Morgan fingerprint density at radius 1 is 1.04 bits per heavy atom. The topological polar surface area (TPSA) is 38.1 Å². The van der Waals surface area contributed by atoms with Crippen molar-refractivity contribution >= 4 is 5.91 Å². The normalized spacial score (nSPS) is 13.8. The van der Waals surface area contributed by atoms with Gasteiger partial charge in [-0.2, -0.15) is 5.10 Å². The van der Waals surface area contributed by atoms with Gasteiger partial charge in [0.05, 0.1) is 17.9 Å². The first-order chi connectivity index (χ1) is 13.7. The van der Waals surface area contributed by atoms with E-state index in [1.54, 1.807) is 0 Å². The monoisotopic (exact) mass is 373 g/mol. The van der Waals surface area contributed by atoms with Crippen LogP contribution in [-0.4, -0.2) is 27.1 Å². The lowest BCUT2D eigenvalue weighted by Crippen LogP contribution is -2.30. The first-order valence-corrected chi connectivity index (χ1v) is 10.1. The van der Waals surface area contributed by atoms with E-state index in [1.165, 1.54) is 11.1 Å². The largest absolute Gasteiger partial charge is 0.337 e. The third-order valence-corrected chi connectivity index (χ3v) is 5.38. The third kappa shape index (κ3) is 4.33. The fourth-order valence-corrected chi connectivity index (χ4v) is 3.87. The fourth-order valence-electron chi connectivity index (χ4n) is 3.87. The molecule has 1 aliphatic rings. The van der Waals surface area contributed by atoms with Crippen LogP contribution in [-0.2, 0) is 24.3 Å². The molecule has 1 aromatic heterocycles. The molecule has 0 bridgehead atoms. The highest BCUT2D eigenvalue weighted by molar-refractivity contribution is 5.76. The standard InChI is InChI=1S/C24H27N3O/c1-19-8-5-12-21(16-19)23-17-22-18-26(14-7-15-27(22)25-23)24(28)13-6-11-20-9-3-2-4-10-20/h2-5,8-10,12,16-17H,6-7,11,13-15,18H2,1H3. The summed E-state index contributed by atoms with van der Waals surface area (Å²) in [5.74, 6) is 0.252. The Labute approximate surface area is 166 Å². The number of aromatic nitrogens is 2. The van der Waals surface area contributed by atoms with Crippen LogP contribution in [0.15, 0.2) is 60.7 Å². The van der Waals surface area contributed by atoms with Gasteiger partial charge in [-0.1, -0.05) is 54.1 Å². The lowest BCUT2D eigenvalue weighted by molar-refractivity contribution is -0.131. The number of benzene rings is 2. The number of fused-ring (bicyclic) bond motifs is 1. The Balaban J connectivity index is 1.40. The molecule has 0 saturated carbocycles. The molecule has 2 aromatic carbocycles. The first kappa shape index (κ1) is 18.5. The number of nitrogens with zero attached hydrogens (tertiary/aromatic N) is 3. The van der Waals surface area contributed by atoms with E-state index in [1.807, 2.05) is 11.0 Å². The van der Waals surface area contributed by atoms with Crippen molar-refractivity contribution in [2.24, 2.45) is 0 Å². The summed E-state index contributed by atoms with van der Waals surface area (Å²) < 4.78 is 2.08. The average Bonchev–Trinajstić information content (AvgIpc) is 3.00. The second kappa shape index (κ2) is 8.42. The molecule has 0 N–H and O–H groups in total. The zero-order chi connectivity index (χ0) is 19.3. The Bertz CT molecular complexity index is 945. The predicted octanol–water partition coefficient (Wildman–Crippen LogP) is 4.61. The Morgan fingerprint density at radius 2 is 1.89 bits per heavy atom. The zero-order valence-electron chi connectivity index (χ0n) is 16.5. The van der Waals surface area contributed by atoms with Crippen molar-refractivity contribution in [1.29, 1.82) is 0 Å². The smallest absolute Gasteiger partial charge is 0.222 e. The lowest BCUT2D eigenvalue weighted by atomic mass is 10.1. The van der Waals surface area contributed by atoms with Crippen LogP contribution in [0.3, 0.4) is 0 Å². The fraction of sp³-hybridized carbons (Fsp3) is 0.333. The molecular weight excluding hydrogens is 346 g/mol. The van der Waals surface area contributed by atoms with Gasteiger partial charge in [-0.15, -0.1) is 0 Å². The molecule has 4 rings (SSSR count).